The van der Waals surface area contributed by atoms with E-state index in [1.54, 1.807) is 0 Å². The molecular formula is C46H42Br2Cl2O3. The Bertz CT molecular complexity index is 1980. The molecule has 0 amide bonds. The van der Waals surface area contributed by atoms with Crippen LogP contribution in [0.2, 0.25) is 10.0 Å². The molecule has 0 aliphatic rings. The van der Waals surface area contributed by atoms with Crippen molar-refractivity contribution >= 4 is 55.1 Å². The van der Waals surface area contributed by atoms with Crippen LogP contribution in [0.3, 0.4) is 0 Å². The highest BCUT2D eigenvalue weighted by molar-refractivity contribution is 9.10. The number of benzene rings is 6. The molecule has 6 aromatic carbocycles. The predicted molar refractivity (Wildman–Crippen MR) is 226 cm³/mol. The zero-order valence-corrected chi connectivity index (χ0v) is 34.8. The Morgan fingerprint density at radius 1 is 0.472 bits per heavy atom. The van der Waals surface area contributed by atoms with Gasteiger partial charge in [0, 0.05) is 19.8 Å². The molecule has 2 unspecified atom stereocenters. The van der Waals surface area contributed by atoms with E-state index in [9.17, 15) is 0 Å². The second kappa shape index (κ2) is 17.3. The molecule has 0 N–H and O–H groups in total. The van der Waals surface area contributed by atoms with Crippen molar-refractivity contribution in [3.8, 4) is 23.0 Å². The highest BCUT2D eigenvalue weighted by Crippen LogP contribution is 2.41. The zero-order valence-electron chi connectivity index (χ0n) is 30.2. The van der Waals surface area contributed by atoms with Crippen molar-refractivity contribution in [2.45, 2.75) is 63.6 Å². The van der Waals surface area contributed by atoms with Gasteiger partial charge in [-0.1, -0.05) is 124 Å². The highest BCUT2D eigenvalue weighted by atomic mass is 79.9. The van der Waals surface area contributed by atoms with E-state index in [4.69, 9.17) is 37.4 Å². The van der Waals surface area contributed by atoms with Crippen molar-refractivity contribution < 1.29 is 14.2 Å². The summed E-state index contributed by atoms with van der Waals surface area (Å²) < 4.78 is 21.8. The van der Waals surface area contributed by atoms with Gasteiger partial charge in [0.05, 0.1) is 22.3 Å². The molecule has 0 fully saturated rings. The summed E-state index contributed by atoms with van der Waals surface area (Å²) >= 11 is 20.4. The Morgan fingerprint density at radius 3 is 1.23 bits per heavy atom. The fourth-order valence-electron chi connectivity index (χ4n) is 6.46. The summed E-state index contributed by atoms with van der Waals surface area (Å²) in [6.45, 7) is 8.98. The molecule has 0 saturated carbocycles. The highest BCUT2D eigenvalue weighted by Gasteiger charge is 2.40. The maximum absolute atomic E-state index is 7.58. The smallest absolute Gasteiger partial charge is 0.127 e. The van der Waals surface area contributed by atoms with Crippen LogP contribution >= 0.6 is 55.1 Å². The summed E-state index contributed by atoms with van der Waals surface area (Å²) in [6, 6.07) is 48.6. The molecule has 2 atom stereocenters. The zero-order chi connectivity index (χ0) is 37.6. The number of ether oxygens (including phenoxy) is 3. The van der Waals surface area contributed by atoms with E-state index >= 15 is 0 Å². The van der Waals surface area contributed by atoms with Gasteiger partial charge in [-0.05, 0) is 140 Å². The van der Waals surface area contributed by atoms with Gasteiger partial charge in [0.15, 0.2) is 0 Å². The van der Waals surface area contributed by atoms with Crippen molar-refractivity contribution in [1.82, 2.24) is 0 Å². The lowest BCUT2D eigenvalue weighted by Gasteiger charge is -2.43. The lowest BCUT2D eigenvalue weighted by Crippen LogP contribution is -2.46. The first-order valence-electron chi connectivity index (χ1n) is 17.6. The first-order valence-corrected chi connectivity index (χ1v) is 19.9. The summed E-state index contributed by atoms with van der Waals surface area (Å²) in [4.78, 5) is 0. The second-order valence-electron chi connectivity index (χ2n) is 14.3. The van der Waals surface area contributed by atoms with Crippen LogP contribution in [-0.4, -0.2) is 12.2 Å². The number of halogens is 4. The van der Waals surface area contributed by atoms with Crippen molar-refractivity contribution in [1.29, 1.82) is 0 Å². The predicted octanol–water partition coefficient (Wildman–Crippen LogP) is 14.6. The fraction of sp³-hybridized carbons (Fsp3) is 0.217. The lowest BCUT2D eigenvalue weighted by atomic mass is 9.74. The van der Waals surface area contributed by atoms with E-state index in [1.165, 1.54) is 0 Å². The van der Waals surface area contributed by atoms with Gasteiger partial charge in [-0.15, -0.1) is 0 Å². The summed E-state index contributed by atoms with van der Waals surface area (Å²) in [5.74, 6) is 3.13. The molecule has 7 heteroatoms. The van der Waals surface area contributed by atoms with E-state index in [1.807, 2.05) is 97.1 Å². The first-order chi connectivity index (χ1) is 25.4. The van der Waals surface area contributed by atoms with Crippen LogP contribution in [0.1, 0.15) is 49.9 Å². The van der Waals surface area contributed by atoms with Gasteiger partial charge < -0.3 is 14.2 Å². The van der Waals surface area contributed by atoms with Crippen molar-refractivity contribution in [3.05, 3.63) is 187 Å². The van der Waals surface area contributed by atoms with Gasteiger partial charge in [-0.25, -0.2) is 0 Å². The van der Waals surface area contributed by atoms with Crippen molar-refractivity contribution in [2.24, 2.45) is 0 Å². The van der Waals surface area contributed by atoms with E-state index in [0.29, 0.717) is 22.9 Å². The lowest BCUT2D eigenvalue weighted by molar-refractivity contribution is -0.0753. The molecule has 0 aromatic heterocycles. The molecule has 6 aromatic rings. The fourth-order valence-corrected chi connectivity index (χ4v) is 7.45. The quantitative estimate of drug-likeness (QED) is 0.109. The minimum atomic E-state index is -0.448. The SMILES string of the molecule is CC(C)(c1ccc(Cl)c(Br)c1)C(Cc1cccc(Oc2ccccc2)c1)OC(Cc1cccc(Oc2ccccc2)c1)C(C)(C)c1ccc(Cl)c(Br)c1. The topological polar surface area (TPSA) is 27.7 Å². The van der Waals surface area contributed by atoms with Gasteiger partial charge in [0.2, 0.25) is 0 Å². The van der Waals surface area contributed by atoms with Crippen LogP contribution in [0, 0.1) is 0 Å². The van der Waals surface area contributed by atoms with Gasteiger partial charge in [-0.3, -0.25) is 0 Å². The van der Waals surface area contributed by atoms with Crippen LogP contribution in [0.15, 0.2) is 155 Å². The second-order valence-corrected chi connectivity index (χ2v) is 16.9. The van der Waals surface area contributed by atoms with Gasteiger partial charge >= 0.3 is 0 Å². The van der Waals surface area contributed by atoms with Crippen LogP contribution in [-0.2, 0) is 28.4 Å². The first kappa shape index (κ1) is 39.1. The third-order valence-electron chi connectivity index (χ3n) is 9.86. The van der Waals surface area contributed by atoms with Crippen LogP contribution < -0.4 is 9.47 Å². The molecule has 6 rings (SSSR count). The van der Waals surface area contributed by atoms with Crippen LogP contribution in [0.25, 0.3) is 0 Å². The van der Waals surface area contributed by atoms with Gasteiger partial charge in [-0.2, -0.15) is 0 Å². The summed E-state index contributed by atoms with van der Waals surface area (Å²) in [5.41, 5.74) is 3.54. The Morgan fingerprint density at radius 2 is 0.849 bits per heavy atom. The average Bonchev–Trinajstić information content (AvgIpc) is 3.14. The van der Waals surface area contributed by atoms with Crippen molar-refractivity contribution in [2.75, 3.05) is 0 Å². The van der Waals surface area contributed by atoms with Gasteiger partial charge in [0.1, 0.15) is 23.0 Å². The number of para-hydroxylation sites is 2. The maximum atomic E-state index is 7.58. The number of hydrogen-bond donors (Lipinski definition) is 0. The Balaban J connectivity index is 1.40. The molecule has 0 bridgehead atoms. The summed E-state index contributed by atoms with van der Waals surface area (Å²) in [7, 11) is 0. The molecule has 0 saturated heterocycles. The van der Waals surface area contributed by atoms with E-state index < -0.39 is 10.8 Å². The largest absolute Gasteiger partial charge is 0.457 e. The van der Waals surface area contributed by atoms with E-state index in [2.05, 4.69) is 108 Å². The molecule has 0 aliphatic carbocycles. The maximum Gasteiger partial charge on any atom is 0.127 e. The van der Waals surface area contributed by atoms with Crippen molar-refractivity contribution in [3.63, 3.8) is 0 Å². The molecule has 53 heavy (non-hydrogen) atoms. The summed E-state index contributed by atoms with van der Waals surface area (Å²) in [5, 5.41) is 1.33. The molecule has 0 spiro atoms. The van der Waals surface area contributed by atoms with Gasteiger partial charge in [0.25, 0.3) is 0 Å². The number of rotatable bonds is 14. The third kappa shape index (κ3) is 9.95. The van der Waals surface area contributed by atoms with Crippen LogP contribution in [0.5, 0.6) is 23.0 Å². The monoisotopic (exact) mass is 870 g/mol. The molecule has 0 heterocycles. The molecule has 272 valence electrons. The molecular weight excluding hydrogens is 831 g/mol. The molecule has 3 nitrogen and oxygen atoms in total. The normalized spacial score (nSPS) is 13.0. The molecule has 0 aliphatic heterocycles. The number of hydrogen-bond acceptors (Lipinski definition) is 3. The average molecular weight is 874 g/mol. The van der Waals surface area contributed by atoms with Crippen LogP contribution in [0.4, 0.5) is 0 Å². The molecule has 0 radical (unpaired) electrons. The van der Waals surface area contributed by atoms with E-state index in [-0.39, 0.29) is 12.2 Å². The standard InChI is InChI=1S/C46H42Br2Cl2O3/c1-45(2,33-21-23-41(49)39(47)29-33)43(27-31-13-11-19-37(25-31)51-35-15-7-5-8-16-35)53-44(46(3,4)34-22-24-42(50)40(48)30-34)28-32-14-12-20-38(26-32)52-36-17-9-6-10-18-36/h5-26,29-30,43-44H,27-28H2,1-4H3. The minimum Gasteiger partial charge on any atom is -0.457 e. The minimum absolute atomic E-state index is 0.272. The Labute approximate surface area is 340 Å². The Hall–Kier alpha value is -3.58. The van der Waals surface area contributed by atoms with E-state index in [0.717, 1.165) is 54.2 Å². The summed E-state index contributed by atoms with van der Waals surface area (Å²) in [6.07, 6.45) is 0.721. The third-order valence-corrected chi connectivity index (χ3v) is 12.3. The Kier molecular flexibility index (Phi) is 12.7.